The summed E-state index contributed by atoms with van der Waals surface area (Å²) in [4.78, 5) is 23.4. The Morgan fingerprint density at radius 2 is 1.74 bits per heavy atom. The SMILES string of the molecule is CCN1CCN(Cc2ccc(COc3nccc(C(C#N)c4nc5cccnc5s4)n3)cc2)CC1. The summed E-state index contributed by atoms with van der Waals surface area (Å²) in [5, 5.41) is 10.5. The third kappa shape index (κ3) is 5.62. The summed E-state index contributed by atoms with van der Waals surface area (Å²) in [5.41, 5.74) is 3.70. The first-order valence-corrected chi connectivity index (χ1v) is 12.6. The van der Waals surface area contributed by atoms with Gasteiger partial charge in [0.1, 0.15) is 27.9 Å². The van der Waals surface area contributed by atoms with Crippen LogP contribution in [0.15, 0.2) is 54.9 Å². The molecule has 5 rings (SSSR count). The molecule has 1 unspecified atom stereocenters. The van der Waals surface area contributed by atoms with Crippen molar-refractivity contribution in [1.29, 1.82) is 5.26 Å². The zero-order valence-electron chi connectivity index (χ0n) is 19.7. The van der Waals surface area contributed by atoms with E-state index in [1.54, 1.807) is 18.5 Å². The summed E-state index contributed by atoms with van der Waals surface area (Å²) < 4.78 is 5.86. The van der Waals surface area contributed by atoms with Crippen LogP contribution in [0.25, 0.3) is 10.3 Å². The van der Waals surface area contributed by atoms with Gasteiger partial charge in [0.15, 0.2) is 0 Å². The fourth-order valence-corrected chi connectivity index (χ4v) is 5.12. The van der Waals surface area contributed by atoms with Crippen LogP contribution in [0.5, 0.6) is 6.01 Å². The van der Waals surface area contributed by atoms with Crippen molar-refractivity contribution in [2.24, 2.45) is 0 Å². The van der Waals surface area contributed by atoms with Gasteiger partial charge in [-0.1, -0.05) is 42.5 Å². The molecule has 0 bridgehead atoms. The van der Waals surface area contributed by atoms with Crippen molar-refractivity contribution in [3.05, 3.63) is 76.7 Å². The number of thiazole rings is 1. The minimum Gasteiger partial charge on any atom is -0.459 e. The Hall–Kier alpha value is -3.45. The second kappa shape index (κ2) is 10.9. The molecule has 178 valence electrons. The minimum absolute atomic E-state index is 0.250. The smallest absolute Gasteiger partial charge is 0.316 e. The van der Waals surface area contributed by atoms with E-state index < -0.39 is 5.92 Å². The van der Waals surface area contributed by atoms with Crippen LogP contribution in [0, 0.1) is 11.3 Å². The van der Waals surface area contributed by atoms with E-state index in [0.29, 0.717) is 17.3 Å². The zero-order chi connectivity index (χ0) is 24.0. The van der Waals surface area contributed by atoms with Crippen LogP contribution in [-0.4, -0.2) is 62.5 Å². The molecular weight excluding hydrogens is 458 g/mol. The highest BCUT2D eigenvalue weighted by atomic mass is 32.1. The number of hydrogen-bond donors (Lipinski definition) is 0. The second-order valence-corrected chi connectivity index (χ2v) is 9.53. The number of aromatic nitrogens is 4. The lowest BCUT2D eigenvalue weighted by molar-refractivity contribution is 0.132. The highest BCUT2D eigenvalue weighted by Gasteiger charge is 2.21. The van der Waals surface area contributed by atoms with Crippen LogP contribution in [0.2, 0.25) is 0 Å². The molecule has 0 N–H and O–H groups in total. The number of nitrogens with zero attached hydrogens (tertiary/aromatic N) is 7. The fraction of sp³-hybridized carbons (Fsp3) is 0.346. The van der Waals surface area contributed by atoms with E-state index in [9.17, 15) is 5.26 Å². The average molecular weight is 486 g/mol. The van der Waals surface area contributed by atoms with Crippen LogP contribution in [0.3, 0.4) is 0 Å². The first kappa shape index (κ1) is 23.3. The average Bonchev–Trinajstić information content (AvgIpc) is 3.33. The molecule has 0 aliphatic carbocycles. The Morgan fingerprint density at radius 3 is 2.49 bits per heavy atom. The van der Waals surface area contributed by atoms with Crippen molar-refractivity contribution in [3.8, 4) is 12.1 Å². The van der Waals surface area contributed by atoms with Gasteiger partial charge in [0.2, 0.25) is 0 Å². The molecule has 9 heteroatoms. The number of ether oxygens (including phenoxy) is 1. The lowest BCUT2D eigenvalue weighted by Gasteiger charge is -2.34. The van der Waals surface area contributed by atoms with E-state index in [1.807, 2.05) is 12.1 Å². The van der Waals surface area contributed by atoms with Crippen LogP contribution in [0.4, 0.5) is 0 Å². The van der Waals surface area contributed by atoms with Crippen molar-refractivity contribution in [1.82, 2.24) is 29.7 Å². The molecule has 3 aromatic heterocycles. The third-order valence-electron chi connectivity index (χ3n) is 6.22. The maximum atomic E-state index is 9.82. The Morgan fingerprint density at radius 1 is 0.971 bits per heavy atom. The van der Waals surface area contributed by atoms with Gasteiger partial charge < -0.3 is 9.64 Å². The highest BCUT2D eigenvalue weighted by molar-refractivity contribution is 7.18. The van der Waals surface area contributed by atoms with Crippen molar-refractivity contribution >= 4 is 21.7 Å². The summed E-state index contributed by atoms with van der Waals surface area (Å²) in [6.07, 6.45) is 3.34. The third-order valence-corrected chi connectivity index (χ3v) is 7.26. The van der Waals surface area contributed by atoms with E-state index in [0.717, 1.165) is 55.2 Å². The number of rotatable bonds is 8. The maximum absolute atomic E-state index is 9.82. The van der Waals surface area contributed by atoms with E-state index in [-0.39, 0.29) is 6.01 Å². The van der Waals surface area contributed by atoms with Gasteiger partial charge >= 0.3 is 6.01 Å². The van der Waals surface area contributed by atoms with Gasteiger partial charge in [-0.15, -0.1) is 0 Å². The largest absolute Gasteiger partial charge is 0.459 e. The molecule has 1 aromatic carbocycles. The summed E-state index contributed by atoms with van der Waals surface area (Å²) in [5.74, 6) is -0.599. The van der Waals surface area contributed by atoms with Crippen molar-refractivity contribution in [3.63, 3.8) is 0 Å². The molecule has 4 aromatic rings. The van der Waals surface area contributed by atoms with Gasteiger partial charge in [-0.05, 0) is 35.9 Å². The number of piperazine rings is 1. The lowest BCUT2D eigenvalue weighted by Crippen LogP contribution is -2.45. The molecular formula is C26H27N7OS. The van der Waals surface area contributed by atoms with E-state index in [4.69, 9.17) is 4.74 Å². The number of fused-ring (bicyclic) bond motifs is 1. The first-order valence-electron chi connectivity index (χ1n) is 11.8. The van der Waals surface area contributed by atoms with Gasteiger partial charge in [0, 0.05) is 45.1 Å². The van der Waals surface area contributed by atoms with Gasteiger partial charge in [-0.2, -0.15) is 10.2 Å². The highest BCUT2D eigenvalue weighted by Crippen LogP contribution is 2.30. The quantitative estimate of drug-likeness (QED) is 0.372. The summed E-state index contributed by atoms with van der Waals surface area (Å²) in [6, 6.07) is 16.5. The Bertz CT molecular complexity index is 1280. The summed E-state index contributed by atoms with van der Waals surface area (Å²) in [7, 11) is 0. The van der Waals surface area contributed by atoms with Gasteiger partial charge in [-0.3, -0.25) is 4.90 Å². The molecule has 35 heavy (non-hydrogen) atoms. The fourth-order valence-electron chi connectivity index (χ4n) is 4.15. The van der Waals surface area contributed by atoms with Crippen molar-refractivity contribution in [2.45, 2.75) is 26.0 Å². The first-order chi connectivity index (χ1) is 17.2. The number of pyridine rings is 1. The van der Waals surface area contributed by atoms with Crippen LogP contribution in [0.1, 0.15) is 34.7 Å². The Kier molecular flexibility index (Phi) is 7.23. The number of hydrogen-bond acceptors (Lipinski definition) is 9. The molecule has 0 saturated carbocycles. The molecule has 0 radical (unpaired) electrons. The molecule has 1 aliphatic rings. The van der Waals surface area contributed by atoms with Crippen LogP contribution < -0.4 is 4.74 Å². The monoisotopic (exact) mass is 485 g/mol. The minimum atomic E-state index is -0.599. The molecule has 8 nitrogen and oxygen atoms in total. The number of likely N-dealkylation sites (N-methyl/N-ethyl adjacent to an activating group) is 1. The maximum Gasteiger partial charge on any atom is 0.316 e. The van der Waals surface area contributed by atoms with Crippen molar-refractivity contribution in [2.75, 3.05) is 32.7 Å². The van der Waals surface area contributed by atoms with Crippen LogP contribution in [-0.2, 0) is 13.2 Å². The van der Waals surface area contributed by atoms with Gasteiger partial charge in [-0.25, -0.2) is 15.0 Å². The molecule has 0 amide bonds. The standard InChI is InChI=1S/C26H27N7OS/c1-2-32-12-14-33(15-13-32)17-19-5-7-20(8-6-19)18-34-26-29-11-9-22(31-26)21(16-27)24-30-23-4-3-10-28-25(23)35-24/h3-11,21H,2,12-15,17-18H2,1H3. The van der Waals surface area contributed by atoms with E-state index in [2.05, 4.69) is 67.0 Å². The second-order valence-electron chi connectivity index (χ2n) is 8.52. The van der Waals surface area contributed by atoms with Crippen molar-refractivity contribution < 1.29 is 4.74 Å². The predicted octanol–water partition coefficient (Wildman–Crippen LogP) is 3.85. The Labute approximate surface area is 208 Å². The van der Waals surface area contributed by atoms with Gasteiger partial charge in [0.25, 0.3) is 0 Å². The summed E-state index contributed by atoms with van der Waals surface area (Å²) >= 11 is 1.40. The zero-order valence-corrected chi connectivity index (χ0v) is 20.5. The number of nitriles is 1. The van der Waals surface area contributed by atoms with Crippen LogP contribution >= 0.6 is 11.3 Å². The van der Waals surface area contributed by atoms with E-state index >= 15 is 0 Å². The normalized spacial score (nSPS) is 15.7. The topological polar surface area (TPSA) is 91.1 Å². The molecule has 0 spiro atoms. The number of benzene rings is 1. The molecule has 4 heterocycles. The van der Waals surface area contributed by atoms with Gasteiger partial charge in [0.05, 0.1) is 11.8 Å². The summed E-state index contributed by atoms with van der Waals surface area (Å²) in [6.45, 7) is 9.20. The van der Waals surface area contributed by atoms with E-state index in [1.165, 1.54) is 16.9 Å². The molecule has 1 aliphatic heterocycles. The molecule has 1 atom stereocenters. The molecule has 1 saturated heterocycles. The molecule has 1 fully saturated rings. The Balaban J connectivity index is 1.20. The predicted molar refractivity (Wildman–Crippen MR) is 135 cm³/mol. The lowest BCUT2D eigenvalue weighted by atomic mass is 10.1.